The third-order valence-electron chi connectivity index (χ3n) is 2.07. The first-order chi connectivity index (χ1) is 6.77. The van der Waals surface area contributed by atoms with E-state index < -0.39 is 6.10 Å². The second kappa shape index (κ2) is 5.31. The van der Waals surface area contributed by atoms with Crippen LogP contribution in [-0.2, 0) is 6.42 Å². The predicted octanol–water partition coefficient (Wildman–Crippen LogP) is 1.62. The quantitative estimate of drug-likeness (QED) is 0.731. The predicted molar refractivity (Wildman–Crippen MR) is 56.2 cm³/mol. The molecule has 0 amide bonds. The Bertz CT molecular complexity index is 325. The average Bonchev–Trinajstić information content (AvgIpc) is 2.26. The zero-order valence-corrected chi connectivity index (χ0v) is 8.23. The molecule has 0 aliphatic heterocycles. The molecule has 1 aromatic rings. The van der Waals surface area contributed by atoms with E-state index >= 15 is 0 Å². The molecule has 1 aromatic carbocycles. The Balaban J connectivity index is 2.63. The number of ether oxygens (including phenoxy) is 1. The highest BCUT2D eigenvalue weighted by atomic mass is 16.5. The molecule has 1 rings (SSSR count). The van der Waals surface area contributed by atoms with Gasteiger partial charge in [-0.25, -0.2) is 0 Å². The average molecular weight is 190 g/mol. The van der Waals surface area contributed by atoms with Crippen LogP contribution in [0.15, 0.2) is 24.3 Å². The SMILES string of the molecule is C#CC(O)CCc1ccccc1OC. The van der Waals surface area contributed by atoms with Crippen LogP contribution in [-0.4, -0.2) is 18.3 Å². The molecule has 0 spiro atoms. The first-order valence-corrected chi connectivity index (χ1v) is 4.54. The lowest BCUT2D eigenvalue weighted by molar-refractivity contribution is 0.222. The van der Waals surface area contributed by atoms with Crippen molar-refractivity contribution in [3.63, 3.8) is 0 Å². The number of para-hydroxylation sites is 1. The summed E-state index contributed by atoms with van der Waals surface area (Å²) in [5.74, 6) is 3.13. The van der Waals surface area contributed by atoms with Crippen LogP contribution in [0.5, 0.6) is 5.75 Å². The highest BCUT2D eigenvalue weighted by Crippen LogP contribution is 2.19. The molecule has 0 saturated heterocycles. The summed E-state index contributed by atoms with van der Waals surface area (Å²) in [7, 11) is 1.64. The van der Waals surface area contributed by atoms with Crippen LogP contribution in [0, 0.1) is 12.3 Å². The van der Waals surface area contributed by atoms with Gasteiger partial charge in [0.2, 0.25) is 0 Å². The molecule has 0 saturated carbocycles. The number of methoxy groups -OCH3 is 1. The van der Waals surface area contributed by atoms with Gasteiger partial charge in [-0.2, -0.15) is 0 Å². The first kappa shape index (κ1) is 10.6. The molecule has 2 nitrogen and oxygen atoms in total. The molecule has 14 heavy (non-hydrogen) atoms. The van der Waals surface area contributed by atoms with E-state index in [1.165, 1.54) is 0 Å². The van der Waals surface area contributed by atoms with Crippen LogP contribution in [0.1, 0.15) is 12.0 Å². The minimum atomic E-state index is -0.667. The summed E-state index contributed by atoms with van der Waals surface area (Å²) in [6, 6.07) is 7.74. The second-order valence-electron chi connectivity index (χ2n) is 3.03. The zero-order chi connectivity index (χ0) is 10.4. The molecular weight excluding hydrogens is 176 g/mol. The highest BCUT2D eigenvalue weighted by Gasteiger charge is 2.04. The van der Waals surface area contributed by atoms with E-state index in [0.29, 0.717) is 6.42 Å². The molecule has 0 aliphatic carbocycles. The van der Waals surface area contributed by atoms with Gasteiger partial charge in [0.25, 0.3) is 0 Å². The van der Waals surface area contributed by atoms with E-state index in [1.54, 1.807) is 7.11 Å². The van der Waals surface area contributed by atoms with Gasteiger partial charge in [0, 0.05) is 0 Å². The standard InChI is InChI=1S/C12H14O2/c1-3-11(13)9-8-10-6-4-5-7-12(10)14-2/h1,4-7,11,13H,8-9H2,2H3. The molecule has 0 radical (unpaired) electrons. The summed E-state index contributed by atoms with van der Waals surface area (Å²) in [5, 5.41) is 9.21. The molecular formula is C12H14O2. The van der Waals surface area contributed by atoms with Gasteiger partial charge < -0.3 is 9.84 Å². The van der Waals surface area contributed by atoms with Crippen molar-refractivity contribution in [1.29, 1.82) is 0 Å². The van der Waals surface area contributed by atoms with Gasteiger partial charge in [-0.1, -0.05) is 24.1 Å². The third kappa shape index (κ3) is 2.79. The topological polar surface area (TPSA) is 29.5 Å². The molecule has 2 heteroatoms. The Morgan fingerprint density at radius 3 is 2.86 bits per heavy atom. The lowest BCUT2D eigenvalue weighted by Crippen LogP contribution is -2.04. The van der Waals surface area contributed by atoms with Crippen molar-refractivity contribution in [2.24, 2.45) is 0 Å². The fourth-order valence-electron chi connectivity index (χ4n) is 1.29. The summed E-state index contributed by atoms with van der Waals surface area (Å²) in [6.07, 6.45) is 5.71. The molecule has 1 unspecified atom stereocenters. The Morgan fingerprint density at radius 1 is 1.50 bits per heavy atom. The van der Waals surface area contributed by atoms with Crippen molar-refractivity contribution in [2.75, 3.05) is 7.11 Å². The number of terminal acetylenes is 1. The fourth-order valence-corrected chi connectivity index (χ4v) is 1.29. The monoisotopic (exact) mass is 190 g/mol. The van der Waals surface area contributed by atoms with Crippen molar-refractivity contribution >= 4 is 0 Å². The number of rotatable bonds is 4. The summed E-state index contributed by atoms with van der Waals surface area (Å²) in [5.41, 5.74) is 1.07. The largest absolute Gasteiger partial charge is 0.496 e. The van der Waals surface area contributed by atoms with Crippen molar-refractivity contribution in [1.82, 2.24) is 0 Å². The Labute approximate surface area is 84.5 Å². The summed E-state index contributed by atoms with van der Waals surface area (Å²) in [4.78, 5) is 0. The number of aliphatic hydroxyl groups excluding tert-OH is 1. The van der Waals surface area contributed by atoms with E-state index in [1.807, 2.05) is 24.3 Å². The van der Waals surface area contributed by atoms with E-state index in [-0.39, 0.29) is 0 Å². The van der Waals surface area contributed by atoms with Crippen LogP contribution >= 0.6 is 0 Å². The van der Waals surface area contributed by atoms with E-state index in [0.717, 1.165) is 17.7 Å². The number of aliphatic hydroxyl groups is 1. The maximum absolute atomic E-state index is 9.21. The van der Waals surface area contributed by atoms with Crippen molar-refractivity contribution in [3.8, 4) is 18.1 Å². The van der Waals surface area contributed by atoms with Crippen LogP contribution in [0.2, 0.25) is 0 Å². The van der Waals surface area contributed by atoms with E-state index in [2.05, 4.69) is 5.92 Å². The van der Waals surface area contributed by atoms with Gasteiger partial charge in [0.1, 0.15) is 11.9 Å². The van der Waals surface area contributed by atoms with Gasteiger partial charge in [0.05, 0.1) is 7.11 Å². The summed E-state index contributed by atoms with van der Waals surface area (Å²) < 4.78 is 5.18. The van der Waals surface area contributed by atoms with Gasteiger partial charge in [0.15, 0.2) is 0 Å². The molecule has 74 valence electrons. The lowest BCUT2D eigenvalue weighted by atomic mass is 10.1. The third-order valence-corrected chi connectivity index (χ3v) is 2.07. The maximum Gasteiger partial charge on any atom is 0.122 e. The fraction of sp³-hybridized carbons (Fsp3) is 0.333. The summed E-state index contributed by atoms with van der Waals surface area (Å²) >= 11 is 0. The minimum Gasteiger partial charge on any atom is -0.496 e. The Hall–Kier alpha value is -1.46. The Kier molecular flexibility index (Phi) is 4.03. The zero-order valence-electron chi connectivity index (χ0n) is 8.23. The number of benzene rings is 1. The molecule has 0 heterocycles. The number of hydrogen-bond donors (Lipinski definition) is 1. The van der Waals surface area contributed by atoms with Crippen LogP contribution < -0.4 is 4.74 Å². The smallest absolute Gasteiger partial charge is 0.122 e. The van der Waals surface area contributed by atoms with Gasteiger partial charge >= 0.3 is 0 Å². The number of aryl methyl sites for hydroxylation is 1. The normalized spacial score (nSPS) is 11.8. The highest BCUT2D eigenvalue weighted by molar-refractivity contribution is 5.33. The maximum atomic E-state index is 9.21. The van der Waals surface area contributed by atoms with Crippen LogP contribution in [0.4, 0.5) is 0 Å². The van der Waals surface area contributed by atoms with Gasteiger partial charge in [-0.3, -0.25) is 0 Å². The van der Waals surface area contributed by atoms with Crippen LogP contribution in [0.25, 0.3) is 0 Å². The minimum absolute atomic E-state index is 0.566. The molecule has 1 N–H and O–H groups in total. The summed E-state index contributed by atoms with van der Waals surface area (Å²) in [6.45, 7) is 0. The molecule has 0 aliphatic rings. The molecule has 0 aromatic heterocycles. The molecule has 1 atom stereocenters. The van der Waals surface area contributed by atoms with Crippen molar-refractivity contribution < 1.29 is 9.84 Å². The van der Waals surface area contributed by atoms with Gasteiger partial charge in [-0.15, -0.1) is 6.42 Å². The van der Waals surface area contributed by atoms with Crippen molar-refractivity contribution in [3.05, 3.63) is 29.8 Å². The Morgan fingerprint density at radius 2 is 2.21 bits per heavy atom. The second-order valence-corrected chi connectivity index (χ2v) is 3.03. The number of hydrogen-bond acceptors (Lipinski definition) is 2. The van der Waals surface area contributed by atoms with Crippen molar-refractivity contribution in [2.45, 2.75) is 18.9 Å². The van der Waals surface area contributed by atoms with Gasteiger partial charge in [-0.05, 0) is 24.5 Å². The lowest BCUT2D eigenvalue weighted by Gasteiger charge is -2.08. The van der Waals surface area contributed by atoms with E-state index in [4.69, 9.17) is 11.2 Å². The molecule has 0 bridgehead atoms. The van der Waals surface area contributed by atoms with E-state index in [9.17, 15) is 5.11 Å². The van der Waals surface area contributed by atoms with Crippen LogP contribution in [0.3, 0.4) is 0 Å². The molecule has 0 fully saturated rings. The first-order valence-electron chi connectivity index (χ1n) is 4.54.